The van der Waals surface area contributed by atoms with E-state index in [9.17, 15) is 19.0 Å². The van der Waals surface area contributed by atoms with Gasteiger partial charge in [-0.25, -0.2) is 0 Å². The fraction of sp³-hybridized carbons (Fsp3) is 0.694. The van der Waals surface area contributed by atoms with Crippen molar-refractivity contribution in [1.29, 1.82) is 0 Å². The predicted molar refractivity (Wildman–Crippen MR) is 353 cm³/mol. The minimum Gasteiger partial charge on any atom is -0.756 e. The molecule has 0 aliphatic rings. The van der Waals surface area contributed by atoms with Crippen molar-refractivity contribution in [3.05, 3.63) is 122 Å². The molecular weight excluding hydrogens is 1040 g/mol. The van der Waals surface area contributed by atoms with E-state index in [0.717, 1.165) is 122 Å². The van der Waals surface area contributed by atoms with Crippen LogP contribution in [0.5, 0.6) is 0 Å². The van der Waals surface area contributed by atoms with Crippen LogP contribution >= 0.6 is 7.82 Å². The molecule has 0 fully saturated rings. The number of phosphoric ester groups is 1. The Hall–Kier alpha value is -3.59. The highest BCUT2D eigenvalue weighted by Gasteiger charge is 2.27. The average Bonchev–Trinajstić information content (AvgIpc) is 3.47. The zero-order chi connectivity index (χ0) is 60.0. The number of quaternary nitrogens is 1. The number of hydrogen-bond donors (Lipinski definition) is 1. The summed E-state index contributed by atoms with van der Waals surface area (Å²) < 4.78 is 30.4. The minimum absolute atomic E-state index is 0.0353. The highest BCUT2D eigenvalue weighted by molar-refractivity contribution is 7.45. The number of ether oxygens (including phenoxy) is 1. The number of allylic oxidation sites excluding steroid dienone is 19. The van der Waals surface area contributed by atoms with E-state index in [1.807, 2.05) is 33.3 Å². The fourth-order valence-electron chi connectivity index (χ4n) is 9.00. The van der Waals surface area contributed by atoms with Crippen molar-refractivity contribution in [2.45, 2.75) is 283 Å². The summed E-state index contributed by atoms with van der Waals surface area (Å²) >= 11 is 0. The van der Waals surface area contributed by atoms with E-state index in [0.29, 0.717) is 23.9 Å². The molecule has 0 spiro atoms. The molecule has 0 saturated carbocycles. The second-order valence-electron chi connectivity index (χ2n) is 23.2. The van der Waals surface area contributed by atoms with E-state index in [1.165, 1.54) is 103 Å². The van der Waals surface area contributed by atoms with Crippen LogP contribution in [-0.2, 0) is 27.9 Å². The van der Waals surface area contributed by atoms with Crippen LogP contribution in [-0.4, -0.2) is 69.4 Å². The molecule has 10 heteroatoms. The fourth-order valence-corrected chi connectivity index (χ4v) is 9.73. The summed E-state index contributed by atoms with van der Waals surface area (Å²) in [6, 6.07) is -0.914. The molecule has 0 radical (unpaired) electrons. The molecule has 470 valence electrons. The number of carbonyl (C=O) groups is 2. The van der Waals surface area contributed by atoms with Crippen molar-refractivity contribution in [3.8, 4) is 0 Å². The summed E-state index contributed by atoms with van der Waals surface area (Å²) in [4.78, 5) is 40.1. The van der Waals surface area contributed by atoms with Crippen LogP contribution in [0.2, 0.25) is 0 Å². The number of esters is 1. The summed E-state index contributed by atoms with van der Waals surface area (Å²) in [5.74, 6) is -0.583. The van der Waals surface area contributed by atoms with Gasteiger partial charge in [-0.1, -0.05) is 258 Å². The van der Waals surface area contributed by atoms with E-state index < -0.39 is 26.6 Å². The standard InChI is InChI=1S/C72H125N2O7P/c1-7-10-13-16-19-22-25-28-30-32-34-36-37-39-40-42-44-46-49-52-55-58-61-64-71(75)73-69(68-80-82(77,78)79-67-66-74(4,5)6)70(63-60-57-54-51-48-27-24-21-18-15-12-9-3)81-72(76)65-62-59-56-53-50-47-45-43-41-38-35-33-31-29-26-23-20-17-14-11-8-2/h10,13,19-20,22-23,28-31,34-36,38-40,44,46,60,63,69-70H,7-9,11-12,14-18,21,24-27,32-33,37,41-43,45,47-59,61-62,64-68H2,1-6H3,(H-,73,75,77,78)/b13-10-,22-19-,23-20-,30-28-,31-29-,36-34-,38-35-,40-39-,46-44-,63-60+. The molecule has 0 aromatic heterocycles. The van der Waals surface area contributed by atoms with Gasteiger partial charge in [0.1, 0.15) is 19.3 Å². The van der Waals surface area contributed by atoms with Crippen LogP contribution in [0.15, 0.2) is 122 Å². The van der Waals surface area contributed by atoms with Crippen LogP contribution in [0.3, 0.4) is 0 Å². The maximum absolute atomic E-state index is 13.6. The first kappa shape index (κ1) is 78.4. The number of nitrogens with one attached hydrogen (secondary N) is 1. The van der Waals surface area contributed by atoms with Crippen molar-refractivity contribution in [2.24, 2.45) is 0 Å². The molecule has 0 aromatic carbocycles. The first-order valence-electron chi connectivity index (χ1n) is 33.3. The molecule has 0 heterocycles. The number of likely N-dealkylation sites (N-methyl/N-ethyl adjacent to an activating group) is 1. The lowest BCUT2D eigenvalue weighted by atomic mass is 10.0. The summed E-state index contributed by atoms with van der Waals surface area (Å²) in [5.41, 5.74) is 0. The van der Waals surface area contributed by atoms with E-state index in [4.69, 9.17) is 13.8 Å². The number of amides is 1. The third-order valence-corrected chi connectivity index (χ3v) is 15.1. The van der Waals surface area contributed by atoms with Gasteiger partial charge in [-0.15, -0.1) is 0 Å². The van der Waals surface area contributed by atoms with E-state index >= 15 is 0 Å². The summed E-state index contributed by atoms with van der Waals surface area (Å²) in [7, 11) is 1.15. The smallest absolute Gasteiger partial charge is 0.306 e. The lowest BCUT2D eigenvalue weighted by Crippen LogP contribution is -2.47. The Morgan fingerprint density at radius 3 is 1.20 bits per heavy atom. The second-order valence-corrected chi connectivity index (χ2v) is 24.6. The van der Waals surface area contributed by atoms with Gasteiger partial charge in [0.25, 0.3) is 7.82 Å². The lowest BCUT2D eigenvalue weighted by Gasteiger charge is -2.30. The monoisotopic (exact) mass is 1160 g/mol. The molecule has 0 saturated heterocycles. The summed E-state index contributed by atoms with van der Waals surface area (Å²) in [5, 5.41) is 3.02. The molecule has 0 aromatic rings. The van der Waals surface area contributed by atoms with Gasteiger partial charge in [0, 0.05) is 12.8 Å². The largest absolute Gasteiger partial charge is 0.756 e. The van der Waals surface area contributed by atoms with Crippen LogP contribution < -0.4 is 10.2 Å². The van der Waals surface area contributed by atoms with Gasteiger partial charge >= 0.3 is 5.97 Å². The Morgan fingerprint density at radius 2 is 0.780 bits per heavy atom. The van der Waals surface area contributed by atoms with Crippen molar-refractivity contribution in [3.63, 3.8) is 0 Å². The van der Waals surface area contributed by atoms with Crippen LogP contribution in [0.1, 0.15) is 271 Å². The first-order valence-corrected chi connectivity index (χ1v) is 34.8. The summed E-state index contributed by atoms with van der Waals surface area (Å²) in [6.07, 6.45) is 84.5. The molecular formula is C72H125N2O7P. The Bertz CT molecular complexity index is 1820. The van der Waals surface area contributed by atoms with Crippen molar-refractivity contribution < 1.29 is 37.3 Å². The molecule has 0 rings (SSSR count). The van der Waals surface area contributed by atoms with E-state index in [-0.39, 0.29) is 31.3 Å². The van der Waals surface area contributed by atoms with Gasteiger partial charge in [-0.05, 0) is 122 Å². The van der Waals surface area contributed by atoms with Crippen molar-refractivity contribution in [1.82, 2.24) is 5.32 Å². The van der Waals surface area contributed by atoms with Crippen molar-refractivity contribution >= 4 is 19.7 Å². The second kappa shape index (κ2) is 60.5. The summed E-state index contributed by atoms with van der Waals surface area (Å²) in [6.45, 7) is 6.67. The zero-order valence-electron chi connectivity index (χ0n) is 53.7. The van der Waals surface area contributed by atoms with Gasteiger partial charge < -0.3 is 28.5 Å². The molecule has 0 aliphatic heterocycles. The van der Waals surface area contributed by atoms with Crippen molar-refractivity contribution in [2.75, 3.05) is 40.9 Å². The van der Waals surface area contributed by atoms with Gasteiger partial charge in [0.2, 0.25) is 5.91 Å². The van der Waals surface area contributed by atoms with Gasteiger partial charge in [-0.3, -0.25) is 14.2 Å². The highest BCUT2D eigenvalue weighted by atomic mass is 31.2. The molecule has 9 nitrogen and oxygen atoms in total. The lowest BCUT2D eigenvalue weighted by molar-refractivity contribution is -0.870. The number of phosphoric acid groups is 1. The van der Waals surface area contributed by atoms with E-state index in [2.05, 4.69) is 135 Å². The zero-order valence-corrected chi connectivity index (χ0v) is 54.5. The van der Waals surface area contributed by atoms with Gasteiger partial charge in [-0.2, -0.15) is 0 Å². The van der Waals surface area contributed by atoms with Gasteiger partial charge in [0.05, 0.1) is 33.8 Å². The quantitative estimate of drug-likeness (QED) is 0.0212. The Labute approximate surface area is 505 Å². The number of unbranched alkanes of at least 4 members (excludes halogenated alkanes) is 25. The Balaban J connectivity index is 5.25. The topological polar surface area (TPSA) is 114 Å². The first-order chi connectivity index (χ1) is 39.9. The molecule has 0 bridgehead atoms. The predicted octanol–water partition coefficient (Wildman–Crippen LogP) is 20.4. The minimum atomic E-state index is -4.72. The van der Waals surface area contributed by atoms with Crippen LogP contribution in [0.25, 0.3) is 0 Å². The number of hydrogen-bond acceptors (Lipinski definition) is 7. The van der Waals surface area contributed by atoms with Gasteiger partial charge in [0.15, 0.2) is 0 Å². The molecule has 3 unspecified atom stereocenters. The maximum atomic E-state index is 13.6. The van der Waals surface area contributed by atoms with Crippen LogP contribution in [0, 0.1) is 0 Å². The Morgan fingerprint density at radius 1 is 0.439 bits per heavy atom. The Kier molecular flexibility index (Phi) is 57.9. The van der Waals surface area contributed by atoms with E-state index in [1.54, 1.807) is 0 Å². The molecule has 1 N–H and O–H groups in total. The molecule has 3 atom stereocenters. The SMILES string of the molecule is CC/C=C\C/C=C\C/C=C\C/C=C\C/C=C\C/C=C\CCCCCCC(=O)NC(COP(=O)([O-])OCC[N+](C)(C)C)C(/C=C/CCCCCCCCCCCC)OC(=O)CCCCCCCCCC/C=C\C/C=C\C/C=C\CCCCC. The normalized spacial score (nSPS) is 14.4. The third kappa shape index (κ3) is 61.0. The van der Waals surface area contributed by atoms with Crippen LogP contribution in [0.4, 0.5) is 0 Å². The maximum Gasteiger partial charge on any atom is 0.306 e. The number of rotatable bonds is 59. The molecule has 0 aliphatic carbocycles. The molecule has 1 amide bonds. The average molecular weight is 1160 g/mol. The third-order valence-electron chi connectivity index (χ3n) is 14.1. The number of carbonyl (C=O) groups excluding carboxylic acids is 2. The molecule has 82 heavy (non-hydrogen) atoms. The number of nitrogens with zero attached hydrogens (tertiary/aromatic N) is 1. The highest BCUT2D eigenvalue weighted by Crippen LogP contribution is 2.38.